The Hall–Kier alpha value is -3.34. The number of nitrogens with one attached hydrogen (secondary N) is 1. The number of pyridine rings is 2. The largest absolute Gasteiger partial charge is 0.489 e. The van der Waals surface area contributed by atoms with Gasteiger partial charge in [0.05, 0.1) is 24.4 Å². The minimum absolute atomic E-state index is 0.00410. The van der Waals surface area contributed by atoms with Crippen molar-refractivity contribution < 1.29 is 33.3 Å². The van der Waals surface area contributed by atoms with Gasteiger partial charge in [0.25, 0.3) is 0 Å². The van der Waals surface area contributed by atoms with Crippen molar-refractivity contribution in [3.63, 3.8) is 0 Å². The molecular weight excluding hydrogens is 474 g/mol. The predicted molar refractivity (Wildman–Crippen MR) is 117 cm³/mol. The van der Waals surface area contributed by atoms with E-state index in [-0.39, 0.29) is 40.4 Å². The number of hydrogen-bond donors (Lipinski definition) is 3. The van der Waals surface area contributed by atoms with Crippen molar-refractivity contribution in [2.45, 2.75) is 17.9 Å². The lowest BCUT2D eigenvalue weighted by Gasteiger charge is -2.28. The lowest BCUT2D eigenvalue weighted by Crippen LogP contribution is -2.37. The number of carbonyl (C=O) groups excluding carboxylic acids is 1. The molecule has 2 atom stereocenters. The second-order valence-corrected chi connectivity index (χ2v) is 8.46. The zero-order valence-electron chi connectivity index (χ0n) is 18.0. The van der Waals surface area contributed by atoms with Crippen molar-refractivity contribution in [1.82, 2.24) is 9.97 Å². The topological polar surface area (TPSA) is 122 Å². The molecule has 0 fully saturated rings. The number of aromatic nitrogens is 2. The van der Waals surface area contributed by atoms with Gasteiger partial charge in [0, 0.05) is 29.5 Å². The summed E-state index contributed by atoms with van der Waals surface area (Å²) in [5.41, 5.74) is -4.62. The molecule has 8 nitrogen and oxygen atoms in total. The minimum Gasteiger partial charge on any atom is -0.489 e. The number of hydrogen-bond acceptors (Lipinski definition) is 7. The molecule has 4 rings (SSSR count). The quantitative estimate of drug-likeness (QED) is 0.369. The first-order valence-corrected chi connectivity index (χ1v) is 10.4. The number of fused-ring (bicyclic) bond motifs is 1. The molecule has 3 N–H and O–H groups in total. The van der Waals surface area contributed by atoms with E-state index >= 15 is 0 Å². The Labute approximate surface area is 196 Å². The Morgan fingerprint density at radius 3 is 2.71 bits per heavy atom. The summed E-state index contributed by atoms with van der Waals surface area (Å²) in [6, 6.07) is 5.32. The van der Waals surface area contributed by atoms with E-state index in [0.717, 1.165) is 12.1 Å². The summed E-state index contributed by atoms with van der Waals surface area (Å²) in [6.45, 7) is 0.424. The van der Waals surface area contributed by atoms with Gasteiger partial charge >= 0.3 is 5.97 Å². The molecule has 0 saturated heterocycles. The van der Waals surface area contributed by atoms with Crippen LogP contribution in [0.25, 0.3) is 11.3 Å². The Morgan fingerprint density at radius 1 is 1.32 bits per heavy atom. The van der Waals surface area contributed by atoms with Crippen LogP contribution < -0.4 is 10.3 Å². The summed E-state index contributed by atoms with van der Waals surface area (Å²) in [6.07, 6.45) is 1.27. The van der Waals surface area contributed by atoms with Crippen LogP contribution in [-0.2, 0) is 20.5 Å². The fraction of sp³-hybridized carbons (Fsp3) is 0.261. The Kier molecular flexibility index (Phi) is 5.92. The van der Waals surface area contributed by atoms with E-state index in [1.807, 2.05) is 0 Å². The van der Waals surface area contributed by atoms with E-state index in [9.17, 15) is 28.6 Å². The molecule has 178 valence electrons. The van der Waals surface area contributed by atoms with Gasteiger partial charge in [-0.15, -0.1) is 0 Å². The van der Waals surface area contributed by atoms with Crippen molar-refractivity contribution in [3.05, 3.63) is 80.4 Å². The van der Waals surface area contributed by atoms with Gasteiger partial charge in [-0.2, -0.15) is 0 Å². The molecule has 0 unspecified atom stereocenters. The summed E-state index contributed by atoms with van der Waals surface area (Å²) in [4.78, 5) is 31.2. The van der Waals surface area contributed by atoms with Gasteiger partial charge in [0.2, 0.25) is 5.56 Å². The predicted octanol–water partition coefficient (Wildman–Crippen LogP) is 2.42. The van der Waals surface area contributed by atoms with Gasteiger partial charge in [-0.1, -0.05) is 11.6 Å². The van der Waals surface area contributed by atoms with E-state index in [2.05, 4.69) is 9.97 Å². The average Bonchev–Trinajstić information content (AvgIpc) is 3.17. The third-order valence-electron chi connectivity index (χ3n) is 5.88. The number of carbonyl (C=O) groups is 1. The van der Waals surface area contributed by atoms with Gasteiger partial charge in [-0.05, 0) is 30.7 Å². The van der Waals surface area contributed by atoms with Crippen LogP contribution in [-0.4, -0.2) is 46.5 Å². The van der Waals surface area contributed by atoms with E-state index in [4.69, 9.17) is 21.1 Å². The number of nitrogens with zero attached hydrogens (tertiary/aromatic N) is 1. The van der Waals surface area contributed by atoms with Gasteiger partial charge in [-0.25, -0.2) is 13.8 Å². The number of halogens is 3. The zero-order chi connectivity index (χ0) is 24.8. The Morgan fingerprint density at radius 2 is 2.06 bits per heavy atom. The van der Waals surface area contributed by atoms with Gasteiger partial charge < -0.3 is 24.7 Å². The number of H-pyrrole nitrogens is 1. The van der Waals surface area contributed by atoms with Gasteiger partial charge in [0.15, 0.2) is 5.60 Å². The smallest absolute Gasteiger partial charge is 0.319 e. The molecule has 0 saturated carbocycles. The van der Waals surface area contributed by atoms with Crippen LogP contribution in [0, 0.1) is 11.6 Å². The van der Waals surface area contributed by atoms with E-state index < -0.39 is 45.8 Å². The van der Waals surface area contributed by atoms with Crippen molar-refractivity contribution >= 4 is 17.6 Å². The highest BCUT2D eigenvalue weighted by atomic mass is 35.5. The first-order valence-electron chi connectivity index (χ1n) is 9.99. The van der Waals surface area contributed by atoms with Crippen LogP contribution >= 0.6 is 11.6 Å². The number of aliphatic hydroxyl groups excluding tert-OH is 1. The number of aliphatic hydroxyl groups is 2. The third kappa shape index (κ3) is 3.64. The summed E-state index contributed by atoms with van der Waals surface area (Å²) < 4.78 is 39.3. The van der Waals surface area contributed by atoms with Crippen molar-refractivity contribution in [1.29, 1.82) is 0 Å². The molecule has 1 aromatic carbocycles. The summed E-state index contributed by atoms with van der Waals surface area (Å²) in [5, 5.41) is 21.2. The minimum atomic E-state index is -2.22. The molecule has 0 spiro atoms. The monoisotopic (exact) mass is 492 g/mol. The molecule has 34 heavy (non-hydrogen) atoms. The maximum atomic E-state index is 14.8. The standard InChI is InChI=1S/C23H19ClF2N2O6/c1-22(21(31)33-2)10-34-20-13(22)7-17(23(32,9-29)11-3-4-27-18(30)5-11)28-19(20)12-6-14(24)16(26)8-15(12)25/h3-8,29,32H,9-10H2,1-2H3,(H,27,30)/t22-,23+/m0/s1. The first-order chi connectivity index (χ1) is 16.0. The molecule has 11 heteroatoms. The maximum Gasteiger partial charge on any atom is 0.319 e. The van der Waals surface area contributed by atoms with Crippen LogP contribution in [0.1, 0.15) is 23.7 Å². The van der Waals surface area contributed by atoms with Gasteiger partial charge in [0.1, 0.15) is 35.1 Å². The van der Waals surface area contributed by atoms with Crippen LogP contribution in [0.4, 0.5) is 8.78 Å². The number of aromatic amines is 1. The fourth-order valence-electron chi connectivity index (χ4n) is 3.90. The van der Waals surface area contributed by atoms with E-state index in [1.54, 1.807) is 0 Å². The molecule has 3 aromatic rings. The molecular formula is C23H19ClF2N2O6. The molecule has 1 aliphatic heterocycles. The highest BCUT2D eigenvalue weighted by Gasteiger charge is 2.48. The lowest BCUT2D eigenvalue weighted by molar-refractivity contribution is -0.147. The number of ether oxygens (including phenoxy) is 2. The van der Waals surface area contributed by atoms with E-state index in [0.29, 0.717) is 6.07 Å². The van der Waals surface area contributed by atoms with Crippen molar-refractivity contribution in [2.75, 3.05) is 20.3 Å². The Balaban J connectivity index is 2.06. The maximum absolute atomic E-state index is 14.8. The zero-order valence-corrected chi connectivity index (χ0v) is 18.7. The molecule has 0 aliphatic carbocycles. The van der Waals surface area contributed by atoms with Crippen molar-refractivity contribution in [3.8, 4) is 17.0 Å². The van der Waals surface area contributed by atoms with Crippen molar-refractivity contribution in [2.24, 2.45) is 0 Å². The third-order valence-corrected chi connectivity index (χ3v) is 6.17. The van der Waals surface area contributed by atoms with Crippen LogP contribution in [0.2, 0.25) is 5.02 Å². The summed E-state index contributed by atoms with van der Waals surface area (Å²) in [7, 11) is 1.19. The number of methoxy groups -OCH3 is 1. The Bertz CT molecular complexity index is 1360. The number of benzene rings is 1. The molecule has 0 radical (unpaired) electrons. The highest BCUT2D eigenvalue weighted by Crippen LogP contribution is 2.47. The molecule has 0 bridgehead atoms. The molecule has 1 aliphatic rings. The normalized spacial score (nSPS) is 18.7. The van der Waals surface area contributed by atoms with E-state index in [1.165, 1.54) is 32.4 Å². The second kappa shape index (κ2) is 8.46. The first kappa shape index (κ1) is 23.8. The number of esters is 1. The second-order valence-electron chi connectivity index (χ2n) is 8.05. The molecule has 0 amide bonds. The number of rotatable bonds is 5. The lowest BCUT2D eigenvalue weighted by atomic mass is 9.81. The molecule has 2 aromatic heterocycles. The highest BCUT2D eigenvalue weighted by molar-refractivity contribution is 6.31. The SMILES string of the molecule is COC(=O)[C@@]1(C)COc2c1cc([C@@](O)(CO)c1cc[nH]c(=O)c1)nc2-c1cc(Cl)c(F)cc1F. The molecule has 3 heterocycles. The average molecular weight is 493 g/mol. The summed E-state index contributed by atoms with van der Waals surface area (Å²) >= 11 is 5.87. The summed E-state index contributed by atoms with van der Waals surface area (Å²) in [5.74, 6) is -2.68. The fourth-order valence-corrected chi connectivity index (χ4v) is 4.06. The van der Waals surface area contributed by atoms with Crippen LogP contribution in [0.15, 0.2) is 41.3 Å². The van der Waals surface area contributed by atoms with Crippen LogP contribution in [0.3, 0.4) is 0 Å². The van der Waals surface area contributed by atoms with Gasteiger partial charge in [-0.3, -0.25) is 9.59 Å². The van der Waals surface area contributed by atoms with Crippen LogP contribution in [0.5, 0.6) is 5.75 Å².